The first-order chi connectivity index (χ1) is 6.07. The molecule has 0 amide bonds. The Labute approximate surface area is 84.2 Å². The minimum atomic E-state index is 0.183. The van der Waals surface area contributed by atoms with Crippen molar-refractivity contribution in [2.75, 3.05) is 6.54 Å². The number of nitrogens with two attached hydrogens (primary N) is 1. The Morgan fingerprint density at radius 1 is 1.54 bits per heavy atom. The maximum Gasteiger partial charge on any atom is 0.0934 e. The highest BCUT2D eigenvalue weighted by Crippen LogP contribution is 2.22. The van der Waals surface area contributed by atoms with Crippen molar-refractivity contribution < 1.29 is 0 Å². The van der Waals surface area contributed by atoms with Crippen LogP contribution in [-0.2, 0) is 12.8 Å². The largest absolute Gasteiger partial charge is 0.330 e. The molecule has 1 aromatic heterocycles. The fourth-order valence-corrected chi connectivity index (χ4v) is 2.21. The summed E-state index contributed by atoms with van der Waals surface area (Å²) in [6.07, 6.45) is 2.02. The van der Waals surface area contributed by atoms with Crippen LogP contribution in [0.2, 0.25) is 0 Å². The summed E-state index contributed by atoms with van der Waals surface area (Å²) in [5, 5.41) is 3.36. The summed E-state index contributed by atoms with van der Waals surface area (Å²) in [5.41, 5.74) is 7.06. The van der Waals surface area contributed by atoms with E-state index >= 15 is 0 Å². The third-order valence-corrected chi connectivity index (χ3v) is 3.04. The van der Waals surface area contributed by atoms with E-state index in [0.717, 1.165) is 12.8 Å². The Kier molecular flexibility index (Phi) is 3.45. The molecule has 0 aromatic carbocycles. The highest BCUT2D eigenvalue weighted by molar-refractivity contribution is 7.09. The Morgan fingerprint density at radius 2 is 2.23 bits per heavy atom. The second-order valence-corrected chi connectivity index (χ2v) is 5.07. The third kappa shape index (κ3) is 3.08. The van der Waals surface area contributed by atoms with Crippen LogP contribution in [0.1, 0.15) is 31.5 Å². The van der Waals surface area contributed by atoms with E-state index in [1.807, 2.05) is 0 Å². The molecule has 2 N–H and O–H groups in total. The summed E-state index contributed by atoms with van der Waals surface area (Å²) in [6, 6.07) is 0. The molecule has 1 aromatic rings. The molecule has 0 saturated carbocycles. The zero-order valence-electron chi connectivity index (χ0n) is 8.63. The van der Waals surface area contributed by atoms with Crippen LogP contribution in [0.15, 0.2) is 5.38 Å². The molecule has 74 valence electrons. The van der Waals surface area contributed by atoms with Crippen molar-refractivity contribution in [3.8, 4) is 0 Å². The normalized spacial score (nSPS) is 12.0. The molecule has 0 aliphatic rings. The van der Waals surface area contributed by atoms with Crippen LogP contribution >= 0.6 is 11.3 Å². The van der Waals surface area contributed by atoms with Gasteiger partial charge in [-0.15, -0.1) is 11.3 Å². The highest BCUT2D eigenvalue weighted by atomic mass is 32.1. The lowest BCUT2D eigenvalue weighted by atomic mass is 9.90. The van der Waals surface area contributed by atoms with Gasteiger partial charge in [0, 0.05) is 11.8 Å². The molecular formula is C10H18N2S. The monoisotopic (exact) mass is 198 g/mol. The molecule has 0 fully saturated rings. The van der Waals surface area contributed by atoms with Gasteiger partial charge in [-0.2, -0.15) is 0 Å². The smallest absolute Gasteiger partial charge is 0.0934 e. The number of thiazole rings is 1. The quantitative estimate of drug-likeness (QED) is 0.805. The summed E-state index contributed by atoms with van der Waals surface area (Å²) in [6.45, 7) is 7.21. The summed E-state index contributed by atoms with van der Waals surface area (Å²) in [4.78, 5) is 4.52. The molecule has 0 aliphatic heterocycles. The van der Waals surface area contributed by atoms with Crippen molar-refractivity contribution in [3.05, 3.63) is 16.1 Å². The van der Waals surface area contributed by atoms with Gasteiger partial charge >= 0.3 is 0 Å². The standard InChI is InChI=1S/C10H18N2S/c1-4-8-6-13-9(12-8)5-10(2,3)7-11/h6H,4-5,7,11H2,1-3H3. The van der Waals surface area contributed by atoms with Gasteiger partial charge < -0.3 is 5.73 Å². The SMILES string of the molecule is CCc1csc(CC(C)(C)CN)n1. The predicted octanol–water partition coefficient (Wildman–Crippen LogP) is 2.23. The first kappa shape index (κ1) is 10.7. The van der Waals surface area contributed by atoms with Crippen molar-refractivity contribution in [2.45, 2.75) is 33.6 Å². The summed E-state index contributed by atoms with van der Waals surface area (Å²) >= 11 is 1.75. The molecule has 0 atom stereocenters. The molecule has 0 bridgehead atoms. The Morgan fingerprint density at radius 3 is 2.69 bits per heavy atom. The van der Waals surface area contributed by atoms with Gasteiger partial charge in [-0.05, 0) is 18.4 Å². The summed E-state index contributed by atoms with van der Waals surface area (Å²) < 4.78 is 0. The van der Waals surface area contributed by atoms with Crippen LogP contribution in [0.4, 0.5) is 0 Å². The molecule has 1 rings (SSSR count). The van der Waals surface area contributed by atoms with Crippen molar-refractivity contribution in [1.82, 2.24) is 4.98 Å². The molecule has 3 heteroatoms. The second-order valence-electron chi connectivity index (χ2n) is 4.13. The Bertz CT molecular complexity index is 266. The van der Waals surface area contributed by atoms with E-state index < -0.39 is 0 Å². The van der Waals surface area contributed by atoms with Crippen LogP contribution in [0, 0.1) is 5.41 Å². The zero-order valence-corrected chi connectivity index (χ0v) is 9.45. The van der Waals surface area contributed by atoms with Gasteiger partial charge in [-0.1, -0.05) is 20.8 Å². The predicted molar refractivity (Wildman–Crippen MR) is 58.0 cm³/mol. The maximum absolute atomic E-state index is 5.67. The van der Waals surface area contributed by atoms with Gasteiger partial charge in [0.2, 0.25) is 0 Å². The number of aryl methyl sites for hydroxylation is 1. The maximum atomic E-state index is 5.67. The topological polar surface area (TPSA) is 38.9 Å². The van der Waals surface area contributed by atoms with E-state index in [0.29, 0.717) is 6.54 Å². The molecule has 2 nitrogen and oxygen atoms in total. The van der Waals surface area contributed by atoms with Crippen LogP contribution in [0.3, 0.4) is 0 Å². The molecule has 13 heavy (non-hydrogen) atoms. The summed E-state index contributed by atoms with van der Waals surface area (Å²) in [7, 11) is 0. The molecule has 1 heterocycles. The average molecular weight is 198 g/mol. The minimum absolute atomic E-state index is 0.183. The van der Waals surface area contributed by atoms with Crippen LogP contribution in [0.25, 0.3) is 0 Å². The molecule has 0 saturated heterocycles. The fourth-order valence-electron chi connectivity index (χ4n) is 1.07. The lowest BCUT2D eigenvalue weighted by Gasteiger charge is -2.20. The average Bonchev–Trinajstić information content (AvgIpc) is 2.52. The molecular weight excluding hydrogens is 180 g/mol. The first-order valence-electron chi connectivity index (χ1n) is 4.71. The molecule has 0 aliphatic carbocycles. The van der Waals surface area contributed by atoms with Crippen molar-refractivity contribution in [3.63, 3.8) is 0 Å². The minimum Gasteiger partial charge on any atom is -0.330 e. The van der Waals surface area contributed by atoms with E-state index in [-0.39, 0.29) is 5.41 Å². The van der Waals surface area contributed by atoms with Gasteiger partial charge in [-0.3, -0.25) is 0 Å². The number of hydrogen-bond donors (Lipinski definition) is 1. The van der Waals surface area contributed by atoms with E-state index in [2.05, 4.69) is 31.1 Å². The zero-order chi connectivity index (χ0) is 9.90. The van der Waals surface area contributed by atoms with E-state index in [9.17, 15) is 0 Å². The van der Waals surface area contributed by atoms with E-state index in [1.54, 1.807) is 11.3 Å². The van der Waals surface area contributed by atoms with Crippen molar-refractivity contribution >= 4 is 11.3 Å². The number of hydrogen-bond acceptors (Lipinski definition) is 3. The fraction of sp³-hybridized carbons (Fsp3) is 0.700. The van der Waals surface area contributed by atoms with E-state index in [4.69, 9.17) is 5.73 Å². The van der Waals surface area contributed by atoms with Crippen LogP contribution in [-0.4, -0.2) is 11.5 Å². The van der Waals surface area contributed by atoms with Gasteiger partial charge in [0.1, 0.15) is 0 Å². The molecule has 0 spiro atoms. The van der Waals surface area contributed by atoms with Crippen molar-refractivity contribution in [2.24, 2.45) is 11.1 Å². The number of nitrogens with zero attached hydrogens (tertiary/aromatic N) is 1. The van der Waals surface area contributed by atoms with Crippen LogP contribution < -0.4 is 5.73 Å². The van der Waals surface area contributed by atoms with Gasteiger partial charge in [-0.25, -0.2) is 4.98 Å². The number of rotatable bonds is 4. The number of aromatic nitrogens is 1. The van der Waals surface area contributed by atoms with Crippen molar-refractivity contribution in [1.29, 1.82) is 0 Å². The second kappa shape index (κ2) is 4.20. The van der Waals surface area contributed by atoms with Gasteiger partial charge in [0.15, 0.2) is 0 Å². The van der Waals surface area contributed by atoms with Gasteiger partial charge in [0.25, 0.3) is 0 Å². The highest BCUT2D eigenvalue weighted by Gasteiger charge is 2.17. The Balaban J connectivity index is 2.63. The van der Waals surface area contributed by atoms with Gasteiger partial charge in [0.05, 0.1) is 10.7 Å². The third-order valence-electron chi connectivity index (χ3n) is 2.14. The van der Waals surface area contributed by atoms with Crippen LogP contribution in [0.5, 0.6) is 0 Å². The molecule has 0 unspecified atom stereocenters. The lowest BCUT2D eigenvalue weighted by Crippen LogP contribution is -2.25. The first-order valence-corrected chi connectivity index (χ1v) is 5.58. The summed E-state index contributed by atoms with van der Waals surface area (Å²) in [5.74, 6) is 0. The lowest BCUT2D eigenvalue weighted by molar-refractivity contribution is 0.376. The molecule has 0 radical (unpaired) electrons. The van der Waals surface area contributed by atoms with E-state index in [1.165, 1.54) is 10.7 Å². The Hall–Kier alpha value is -0.410.